The molecule has 3 rings (SSSR count). The lowest BCUT2D eigenvalue weighted by Crippen LogP contribution is -2.38. The second-order valence-electron chi connectivity index (χ2n) is 5.79. The van der Waals surface area contributed by atoms with Crippen molar-refractivity contribution in [3.63, 3.8) is 0 Å². The van der Waals surface area contributed by atoms with Gasteiger partial charge in [0, 0.05) is 40.8 Å². The molecule has 3 atom stereocenters. The number of hydrogen-bond acceptors (Lipinski definition) is 3. The second kappa shape index (κ2) is 7.05. The minimum absolute atomic E-state index is 0. The van der Waals surface area contributed by atoms with Gasteiger partial charge in [-0.2, -0.15) is 0 Å². The highest BCUT2D eigenvalue weighted by Crippen LogP contribution is 2.36. The molecule has 0 bridgehead atoms. The summed E-state index contributed by atoms with van der Waals surface area (Å²) < 4.78 is 2.10. The van der Waals surface area contributed by atoms with E-state index in [0.29, 0.717) is 12.0 Å². The lowest BCUT2D eigenvalue weighted by Gasteiger charge is -2.29. The molecule has 6 heteroatoms. The van der Waals surface area contributed by atoms with E-state index in [0.717, 1.165) is 33.6 Å². The summed E-state index contributed by atoms with van der Waals surface area (Å²) in [5.74, 6) is 1.50. The number of halogens is 3. The lowest BCUT2D eigenvalue weighted by atomic mass is 9.78. The van der Waals surface area contributed by atoms with Crippen LogP contribution in [0.25, 0.3) is 0 Å². The summed E-state index contributed by atoms with van der Waals surface area (Å²) in [6.45, 7) is 3.24. The Labute approximate surface area is 143 Å². The zero-order chi connectivity index (χ0) is 13.4. The lowest BCUT2D eigenvalue weighted by molar-refractivity contribution is 0.259. The summed E-state index contributed by atoms with van der Waals surface area (Å²) in [6, 6.07) is 2.47. The quantitative estimate of drug-likeness (QED) is 0.788. The van der Waals surface area contributed by atoms with Crippen LogP contribution in [0.2, 0.25) is 0 Å². The molecule has 1 saturated carbocycles. The van der Waals surface area contributed by atoms with E-state index in [1.165, 1.54) is 25.8 Å². The Morgan fingerprint density at radius 2 is 2.10 bits per heavy atom. The molecule has 2 heterocycles. The third-order valence-corrected chi connectivity index (χ3v) is 5.61. The molecule has 0 radical (unpaired) electrons. The van der Waals surface area contributed by atoms with E-state index < -0.39 is 0 Å². The number of hydrogen-bond donors (Lipinski definition) is 1. The number of aromatic nitrogens is 1. The standard InChI is InChI=1S/C14H19Br2N3.ClH/c15-10-4-12(16)14(18-5-10)8-19-6-9-2-1-3-13(17)11(9)7-19;/h4-5,9,11,13H,1-3,6-8,17H2;1H. The number of fused-ring (bicyclic) bond motifs is 1. The smallest absolute Gasteiger partial charge is 0.0686 e. The van der Waals surface area contributed by atoms with Crippen LogP contribution in [0.1, 0.15) is 25.0 Å². The third-order valence-electron chi connectivity index (χ3n) is 4.49. The van der Waals surface area contributed by atoms with Gasteiger partial charge in [-0.05, 0) is 62.6 Å². The van der Waals surface area contributed by atoms with Crippen LogP contribution in [0.15, 0.2) is 21.2 Å². The molecule has 1 aliphatic heterocycles. The molecule has 1 aromatic rings. The highest BCUT2D eigenvalue weighted by atomic mass is 79.9. The number of nitrogens with two attached hydrogens (primary N) is 1. The van der Waals surface area contributed by atoms with Crippen LogP contribution in [0.4, 0.5) is 0 Å². The molecule has 1 aromatic heterocycles. The van der Waals surface area contributed by atoms with Crippen molar-refractivity contribution in [2.45, 2.75) is 31.8 Å². The first kappa shape index (κ1) is 16.7. The summed E-state index contributed by atoms with van der Waals surface area (Å²) >= 11 is 7.04. The van der Waals surface area contributed by atoms with Gasteiger partial charge >= 0.3 is 0 Å². The first-order valence-electron chi connectivity index (χ1n) is 6.91. The van der Waals surface area contributed by atoms with Crippen LogP contribution >= 0.6 is 44.3 Å². The number of likely N-dealkylation sites (tertiary alicyclic amines) is 1. The molecular formula is C14H20Br2ClN3. The van der Waals surface area contributed by atoms with Gasteiger partial charge in [0.05, 0.1) is 5.69 Å². The molecule has 1 aliphatic carbocycles. The zero-order valence-corrected chi connectivity index (χ0v) is 15.3. The van der Waals surface area contributed by atoms with Crippen molar-refractivity contribution in [1.29, 1.82) is 0 Å². The molecule has 2 aliphatic rings. The molecule has 1 saturated heterocycles. The topological polar surface area (TPSA) is 42.1 Å². The van der Waals surface area contributed by atoms with Crippen LogP contribution in [-0.2, 0) is 6.54 Å². The number of rotatable bonds is 2. The summed E-state index contributed by atoms with van der Waals surface area (Å²) in [5, 5.41) is 0. The van der Waals surface area contributed by atoms with Gasteiger partial charge in [0.25, 0.3) is 0 Å². The van der Waals surface area contributed by atoms with Gasteiger partial charge in [-0.1, -0.05) is 6.42 Å². The first-order valence-corrected chi connectivity index (χ1v) is 8.50. The van der Waals surface area contributed by atoms with E-state index >= 15 is 0 Å². The van der Waals surface area contributed by atoms with E-state index in [1.54, 1.807) is 0 Å². The van der Waals surface area contributed by atoms with Crippen LogP contribution in [-0.4, -0.2) is 29.0 Å². The van der Waals surface area contributed by atoms with Crippen molar-refractivity contribution in [2.24, 2.45) is 17.6 Å². The monoisotopic (exact) mass is 423 g/mol. The number of nitrogens with zero attached hydrogens (tertiary/aromatic N) is 2. The van der Waals surface area contributed by atoms with Gasteiger partial charge < -0.3 is 5.73 Å². The average molecular weight is 426 g/mol. The van der Waals surface area contributed by atoms with E-state index in [2.05, 4.69) is 47.8 Å². The average Bonchev–Trinajstić information content (AvgIpc) is 2.77. The van der Waals surface area contributed by atoms with Crippen LogP contribution in [0.5, 0.6) is 0 Å². The molecule has 2 fully saturated rings. The summed E-state index contributed by atoms with van der Waals surface area (Å²) in [6.07, 6.45) is 5.73. The molecule has 112 valence electrons. The Hall–Kier alpha value is 0.320. The van der Waals surface area contributed by atoms with Gasteiger partial charge in [-0.3, -0.25) is 9.88 Å². The normalized spacial score (nSPS) is 29.9. The van der Waals surface area contributed by atoms with Crippen LogP contribution in [0.3, 0.4) is 0 Å². The van der Waals surface area contributed by atoms with Gasteiger partial charge in [-0.15, -0.1) is 12.4 Å². The highest BCUT2D eigenvalue weighted by molar-refractivity contribution is 9.11. The fourth-order valence-electron chi connectivity index (χ4n) is 3.51. The predicted molar refractivity (Wildman–Crippen MR) is 91.0 cm³/mol. The minimum atomic E-state index is 0. The maximum absolute atomic E-state index is 6.27. The van der Waals surface area contributed by atoms with E-state index in [9.17, 15) is 0 Å². The molecule has 0 aromatic carbocycles. The van der Waals surface area contributed by atoms with Gasteiger partial charge in [0.15, 0.2) is 0 Å². The van der Waals surface area contributed by atoms with Gasteiger partial charge in [0.2, 0.25) is 0 Å². The van der Waals surface area contributed by atoms with Crippen molar-refractivity contribution < 1.29 is 0 Å². The fourth-order valence-corrected chi connectivity index (χ4v) is 4.62. The Morgan fingerprint density at radius 3 is 2.80 bits per heavy atom. The minimum Gasteiger partial charge on any atom is -0.327 e. The second-order valence-corrected chi connectivity index (χ2v) is 7.56. The molecule has 0 spiro atoms. The summed E-state index contributed by atoms with van der Waals surface area (Å²) in [7, 11) is 0. The summed E-state index contributed by atoms with van der Waals surface area (Å²) in [4.78, 5) is 7.03. The Morgan fingerprint density at radius 1 is 1.30 bits per heavy atom. The number of pyridine rings is 1. The van der Waals surface area contributed by atoms with Crippen LogP contribution < -0.4 is 5.73 Å². The molecular weight excluding hydrogens is 405 g/mol. The van der Waals surface area contributed by atoms with Crippen molar-refractivity contribution in [3.05, 3.63) is 26.9 Å². The van der Waals surface area contributed by atoms with E-state index in [4.69, 9.17) is 5.73 Å². The fraction of sp³-hybridized carbons (Fsp3) is 0.643. The van der Waals surface area contributed by atoms with E-state index in [1.807, 2.05) is 6.20 Å². The molecule has 3 nitrogen and oxygen atoms in total. The van der Waals surface area contributed by atoms with Crippen molar-refractivity contribution >= 4 is 44.3 Å². The third kappa shape index (κ3) is 3.55. The Balaban J connectivity index is 0.00000147. The van der Waals surface area contributed by atoms with Crippen molar-refractivity contribution in [3.8, 4) is 0 Å². The molecule has 3 unspecified atom stereocenters. The first-order chi connectivity index (χ1) is 9.13. The molecule has 2 N–H and O–H groups in total. The van der Waals surface area contributed by atoms with Crippen LogP contribution in [0, 0.1) is 11.8 Å². The summed E-state index contributed by atoms with van der Waals surface area (Å²) in [5.41, 5.74) is 7.39. The Bertz CT molecular complexity index is 472. The largest absolute Gasteiger partial charge is 0.327 e. The maximum Gasteiger partial charge on any atom is 0.0686 e. The molecule has 0 amide bonds. The zero-order valence-electron chi connectivity index (χ0n) is 11.3. The van der Waals surface area contributed by atoms with Gasteiger partial charge in [0.1, 0.15) is 0 Å². The van der Waals surface area contributed by atoms with Crippen molar-refractivity contribution in [2.75, 3.05) is 13.1 Å². The molecule has 20 heavy (non-hydrogen) atoms. The maximum atomic E-state index is 6.27. The Kier molecular flexibility index (Phi) is 5.88. The predicted octanol–water partition coefficient (Wildman–Crippen LogP) is 3.59. The van der Waals surface area contributed by atoms with Gasteiger partial charge in [-0.25, -0.2) is 0 Å². The highest BCUT2D eigenvalue weighted by Gasteiger charge is 2.38. The van der Waals surface area contributed by atoms with Crippen molar-refractivity contribution in [1.82, 2.24) is 9.88 Å². The van der Waals surface area contributed by atoms with E-state index in [-0.39, 0.29) is 12.4 Å². The SMILES string of the molecule is Cl.NC1CCCC2CN(Cc3ncc(Br)cc3Br)CC12.